The van der Waals surface area contributed by atoms with Crippen molar-refractivity contribution in [1.29, 1.82) is 0 Å². The number of rotatable bonds is 6. The van der Waals surface area contributed by atoms with E-state index < -0.39 is 24.0 Å². The van der Waals surface area contributed by atoms with E-state index in [9.17, 15) is 19.2 Å². The Morgan fingerprint density at radius 1 is 1.43 bits per heavy atom. The minimum Gasteiger partial charge on any atom is -0.340 e. The van der Waals surface area contributed by atoms with E-state index in [1.165, 1.54) is 5.38 Å². The minimum atomic E-state index is -1.18. The summed E-state index contributed by atoms with van der Waals surface area (Å²) in [5.41, 5.74) is 2.10. The van der Waals surface area contributed by atoms with Crippen LogP contribution in [0, 0.1) is 0 Å². The number of fused-ring (bicyclic) bond motifs is 1. The van der Waals surface area contributed by atoms with Crippen molar-refractivity contribution < 1.29 is 19.2 Å². The number of urea groups is 1. The fourth-order valence-corrected chi connectivity index (χ4v) is 5.47. The van der Waals surface area contributed by atoms with Crippen molar-refractivity contribution in [1.82, 2.24) is 25.9 Å². The molecule has 0 aliphatic carbocycles. The maximum absolute atomic E-state index is 12.8. The molecule has 4 atom stereocenters. The van der Waals surface area contributed by atoms with E-state index in [1.807, 2.05) is 12.3 Å². The molecule has 3 rings (SSSR count). The van der Waals surface area contributed by atoms with Crippen LogP contribution in [-0.4, -0.2) is 56.3 Å². The Morgan fingerprint density at radius 3 is 2.79 bits per heavy atom. The first-order valence-corrected chi connectivity index (χ1v) is 10.2. The summed E-state index contributed by atoms with van der Waals surface area (Å²) < 4.78 is -0.124. The lowest BCUT2D eigenvalue weighted by Crippen LogP contribution is -2.69. The van der Waals surface area contributed by atoms with Crippen LogP contribution in [0.15, 0.2) is 5.38 Å². The van der Waals surface area contributed by atoms with Crippen LogP contribution in [0.4, 0.5) is 9.93 Å². The van der Waals surface area contributed by atoms with Gasteiger partial charge < -0.3 is 20.9 Å². The highest BCUT2D eigenvalue weighted by molar-refractivity contribution is 8.01. The van der Waals surface area contributed by atoms with Gasteiger partial charge in [-0.15, -0.1) is 23.1 Å². The van der Waals surface area contributed by atoms with E-state index in [0.29, 0.717) is 6.41 Å². The zero-order valence-electron chi connectivity index (χ0n) is 15.4. The Kier molecular flexibility index (Phi) is 5.50. The third-order valence-corrected chi connectivity index (χ3v) is 7.38. The van der Waals surface area contributed by atoms with E-state index in [4.69, 9.17) is 5.84 Å². The average Bonchev–Trinajstić information content (AvgIpc) is 3.19. The van der Waals surface area contributed by atoms with E-state index in [0.717, 1.165) is 11.3 Å². The Hall–Kier alpha value is -2.38. The number of aromatic nitrogens is 1. The van der Waals surface area contributed by atoms with Gasteiger partial charge >= 0.3 is 6.03 Å². The van der Waals surface area contributed by atoms with E-state index in [2.05, 4.69) is 34.8 Å². The molecule has 1 unspecified atom stereocenters. The smallest absolute Gasteiger partial charge is 0.329 e. The van der Waals surface area contributed by atoms with E-state index in [-0.39, 0.29) is 32.9 Å². The van der Waals surface area contributed by atoms with Crippen LogP contribution in [0.1, 0.15) is 32.5 Å². The summed E-state index contributed by atoms with van der Waals surface area (Å²) in [7, 11) is 0. The van der Waals surface area contributed by atoms with Crippen LogP contribution in [0.5, 0.6) is 0 Å². The third kappa shape index (κ3) is 3.52. The number of nitrogens with one attached hydrogen (secondary N) is 4. The second-order valence-electron chi connectivity index (χ2n) is 6.91. The van der Waals surface area contributed by atoms with Crippen molar-refractivity contribution in [3.63, 3.8) is 0 Å². The molecule has 13 heteroatoms. The molecule has 2 saturated heterocycles. The van der Waals surface area contributed by atoms with E-state index >= 15 is 0 Å². The van der Waals surface area contributed by atoms with Crippen LogP contribution in [0.3, 0.4) is 0 Å². The Morgan fingerprint density at radius 2 is 2.14 bits per heavy atom. The van der Waals surface area contributed by atoms with Gasteiger partial charge in [-0.05, 0) is 20.8 Å². The molecule has 1 aromatic rings. The number of carbonyl (C=O) groups is 4. The van der Waals surface area contributed by atoms with Gasteiger partial charge in [-0.25, -0.2) is 15.6 Å². The number of hydrogen-bond acceptors (Lipinski definition) is 8. The zero-order chi connectivity index (χ0) is 20.6. The molecule has 11 nitrogen and oxygen atoms in total. The predicted molar refractivity (Wildman–Crippen MR) is 104 cm³/mol. The number of carbonyl (C=O) groups excluding carboxylic acids is 4. The molecule has 0 radical (unpaired) electrons. The molecule has 5 amide bonds. The van der Waals surface area contributed by atoms with Crippen molar-refractivity contribution in [2.24, 2.45) is 5.84 Å². The average molecular weight is 428 g/mol. The highest BCUT2D eigenvalue weighted by Crippen LogP contribution is 2.50. The van der Waals surface area contributed by atoms with Gasteiger partial charge in [0.1, 0.15) is 11.4 Å². The topological polar surface area (TPSA) is 159 Å². The molecule has 152 valence electrons. The van der Waals surface area contributed by atoms with Gasteiger partial charge in [0.05, 0.1) is 5.69 Å². The van der Waals surface area contributed by atoms with Gasteiger partial charge in [-0.1, -0.05) is 0 Å². The van der Waals surface area contributed by atoms with Gasteiger partial charge in [0, 0.05) is 16.2 Å². The standard InChI is InChI=1S/C15H21N7O4S2/c1-6-15(2,3)28-12-9(11(25)22(6)12)19-10(24)8(20-13(26)21-16)7-4-27-14(18-7)17-5-23/h4-6,8-9,12H,16H2,1-3H3,(H,19,24)(H,17,18,23)(H2,20,21,26)/t6-,8?,9+,12+/m0/s1. The first-order chi connectivity index (χ1) is 13.2. The monoisotopic (exact) mass is 427 g/mol. The molecule has 2 aliphatic heterocycles. The molecular weight excluding hydrogens is 406 g/mol. The first-order valence-electron chi connectivity index (χ1n) is 8.42. The zero-order valence-corrected chi connectivity index (χ0v) is 17.0. The summed E-state index contributed by atoms with van der Waals surface area (Å²) in [6, 6.07) is -2.60. The highest BCUT2D eigenvalue weighted by atomic mass is 32.2. The number of anilines is 1. The lowest BCUT2D eigenvalue weighted by atomic mass is 9.97. The Labute approximate surface area is 169 Å². The van der Waals surface area contributed by atoms with Gasteiger partial charge in [-0.2, -0.15) is 0 Å². The van der Waals surface area contributed by atoms with Gasteiger partial charge in [0.15, 0.2) is 11.2 Å². The second-order valence-corrected chi connectivity index (χ2v) is 9.54. The number of thioether (sulfide) groups is 1. The molecule has 2 aliphatic rings. The number of hydrazine groups is 1. The summed E-state index contributed by atoms with van der Waals surface area (Å²) in [6.45, 7) is 6.09. The fourth-order valence-electron chi connectivity index (χ4n) is 3.12. The van der Waals surface area contributed by atoms with Crippen LogP contribution in [0.2, 0.25) is 0 Å². The molecule has 3 heterocycles. The highest BCUT2D eigenvalue weighted by Gasteiger charge is 2.60. The number of hydrogen-bond donors (Lipinski definition) is 5. The summed E-state index contributed by atoms with van der Waals surface area (Å²) in [6.07, 6.45) is 0.458. The SMILES string of the molecule is C[C@@H]1N2C(=O)[C@@H](NC(=O)C(NC(=O)NN)c3csc(NC=O)n3)[C@H]2SC1(C)C. The molecular formula is C15H21N7O4S2. The molecule has 0 bridgehead atoms. The number of amides is 5. The van der Waals surface area contributed by atoms with Gasteiger partial charge in [0.25, 0.3) is 0 Å². The lowest BCUT2D eigenvalue weighted by Gasteiger charge is -2.44. The van der Waals surface area contributed by atoms with Crippen LogP contribution in [-0.2, 0) is 14.4 Å². The van der Waals surface area contributed by atoms with Crippen molar-refractivity contribution >= 4 is 52.5 Å². The fraction of sp³-hybridized carbons (Fsp3) is 0.533. The summed E-state index contributed by atoms with van der Waals surface area (Å²) in [5, 5.41) is 9.12. The van der Waals surface area contributed by atoms with Crippen molar-refractivity contribution in [3.05, 3.63) is 11.1 Å². The molecule has 6 N–H and O–H groups in total. The van der Waals surface area contributed by atoms with E-state index in [1.54, 1.807) is 16.7 Å². The Bertz CT molecular complexity index is 814. The maximum Gasteiger partial charge on any atom is 0.329 e. The van der Waals surface area contributed by atoms with Crippen molar-refractivity contribution in [2.45, 2.75) is 49.0 Å². The van der Waals surface area contributed by atoms with Crippen LogP contribution >= 0.6 is 23.1 Å². The predicted octanol–water partition coefficient (Wildman–Crippen LogP) is -0.508. The number of nitrogens with two attached hydrogens (primary N) is 1. The quantitative estimate of drug-likeness (QED) is 0.134. The summed E-state index contributed by atoms with van der Waals surface area (Å²) in [5.74, 6) is 4.34. The summed E-state index contributed by atoms with van der Waals surface area (Å²) >= 11 is 2.72. The van der Waals surface area contributed by atoms with Crippen molar-refractivity contribution in [3.8, 4) is 0 Å². The summed E-state index contributed by atoms with van der Waals surface area (Å²) in [4.78, 5) is 53.5. The van der Waals surface area contributed by atoms with Crippen LogP contribution in [0.25, 0.3) is 0 Å². The lowest BCUT2D eigenvalue weighted by molar-refractivity contribution is -0.151. The molecule has 0 spiro atoms. The van der Waals surface area contributed by atoms with Crippen molar-refractivity contribution in [2.75, 3.05) is 5.32 Å². The number of thiazole rings is 1. The number of nitrogens with zero attached hydrogens (tertiary/aromatic N) is 2. The molecule has 0 aromatic carbocycles. The maximum atomic E-state index is 12.8. The molecule has 28 heavy (non-hydrogen) atoms. The molecule has 0 saturated carbocycles. The van der Waals surface area contributed by atoms with Crippen LogP contribution < -0.4 is 27.2 Å². The second kappa shape index (κ2) is 7.56. The first kappa shape index (κ1) is 20.4. The molecule has 2 fully saturated rings. The minimum absolute atomic E-state index is 0.0515. The molecule has 1 aromatic heterocycles. The normalized spacial score (nSPS) is 25.9. The largest absolute Gasteiger partial charge is 0.340 e. The Balaban J connectivity index is 1.75. The van der Waals surface area contributed by atoms with Gasteiger partial charge in [-0.3, -0.25) is 19.8 Å². The van der Waals surface area contributed by atoms with Gasteiger partial charge in [0.2, 0.25) is 18.2 Å². The third-order valence-electron chi connectivity index (χ3n) is 4.89. The number of β-lactam (4-membered cyclic amide) rings is 1.